The summed E-state index contributed by atoms with van der Waals surface area (Å²) < 4.78 is 37.9. The van der Waals surface area contributed by atoms with Crippen LogP contribution in [-0.4, -0.2) is 59.3 Å². The number of rotatable bonds is 6. The van der Waals surface area contributed by atoms with Gasteiger partial charge in [0.25, 0.3) is 10.0 Å². The summed E-state index contributed by atoms with van der Waals surface area (Å²) in [5, 5.41) is 3.05. The molecule has 21 heavy (non-hydrogen) atoms. The molecule has 0 bridgehead atoms. The minimum Gasteiger partial charge on any atom is -0.377 e. The zero-order valence-electron chi connectivity index (χ0n) is 12.8. The van der Waals surface area contributed by atoms with Crippen LogP contribution >= 0.6 is 11.3 Å². The molecular formula is C13H22N2O4S2. The number of sulfonamides is 1. The minimum atomic E-state index is -3.48. The smallest absolute Gasteiger partial charge is 0.252 e. The van der Waals surface area contributed by atoms with E-state index in [4.69, 9.17) is 9.47 Å². The largest absolute Gasteiger partial charge is 0.377 e. The first-order valence-electron chi connectivity index (χ1n) is 6.73. The Hall–Kier alpha value is -0.510. The predicted octanol–water partition coefficient (Wildman–Crippen LogP) is 0.810. The predicted molar refractivity (Wildman–Crippen MR) is 82.2 cm³/mol. The molecule has 2 atom stereocenters. The lowest BCUT2D eigenvalue weighted by Gasteiger charge is -2.14. The second-order valence-corrected chi connectivity index (χ2v) is 8.37. The van der Waals surface area contributed by atoms with Gasteiger partial charge in [-0.2, -0.15) is 4.31 Å². The Morgan fingerprint density at radius 1 is 1.33 bits per heavy atom. The molecule has 1 saturated heterocycles. The highest BCUT2D eigenvalue weighted by atomic mass is 32.2. The van der Waals surface area contributed by atoms with Crippen LogP contribution in [0.2, 0.25) is 0 Å². The summed E-state index contributed by atoms with van der Waals surface area (Å²) >= 11 is 1.32. The van der Waals surface area contributed by atoms with E-state index in [-0.39, 0.29) is 12.2 Å². The van der Waals surface area contributed by atoms with Crippen molar-refractivity contribution in [1.82, 2.24) is 9.62 Å². The van der Waals surface area contributed by atoms with Crippen molar-refractivity contribution in [3.8, 4) is 0 Å². The molecule has 1 N–H and O–H groups in total. The van der Waals surface area contributed by atoms with Gasteiger partial charge in [-0.3, -0.25) is 0 Å². The average molecular weight is 334 g/mol. The van der Waals surface area contributed by atoms with Gasteiger partial charge < -0.3 is 14.8 Å². The third-order valence-corrected chi connectivity index (χ3v) is 7.23. The molecule has 6 nitrogen and oxygen atoms in total. The lowest BCUT2D eigenvalue weighted by atomic mass is 10.3. The number of hydrogen-bond acceptors (Lipinski definition) is 6. The van der Waals surface area contributed by atoms with E-state index in [0.29, 0.717) is 23.8 Å². The topological polar surface area (TPSA) is 67.9 Å². The molecule has 1 aliphatic rings. The van der Waals surface area contributed by atoms with Gasteiger partial charge in [-0.15, -0.1) is 11.3 Å². The minimum absolute atomic E-state index is 0.220. The second-order valence-electron chi connectivity index (χ2n) is 5.07. The van der Waals surface area contributed by atoms with Gasteiger partial charge in [0.05, 0.1) is 12.2 Å². The van der Waals surface area contributed by atoms with Gasteiger partial charge in [-0.05, 0) is 25.6 Å². The van der Waals surface area contributed by atoms with Crippen molar-refractivity contribution in [3.63, 3.8) is 0 Å². The summed E-state index contributed by atoms with van der Waals surface area (Å²) in [4.78, 5) is 1.04. The van der Waals surface area contributed by atoms with Crippen LogP contribution in [0.4, 0.5) is 0 Å². The maximum absolute atomic E-state index is 12.7. The van der Waals surface area contributed by atoms with E-state index in [1.165, 1.54) is 15.6 Å². The van der Waals surface area contributed by atoms with E-state index in [1.54, 1.807) is 20.3 Å². The monoisotopic (exact) mass is 334 g/mol. The highest BCUT2D eigenvalue weighted by molar-refractivity contribution is 7.91. The molecule has 0 radical (unpaired) electrons. The van der Waals surface area contributed by atoms with Gasteiger partial charge in [-0.25, -0.2) is 8.42 Å². The molecule has 8 heteroatoms. The molecule has 1 aromatic rings. The third kappa shape index (κ3) is 3.30. The van der Waals surface area contributed by atoms with Crippen LogP contribution in [0.15, 0.2) is 10.3 Å². The highest BCUT2D eigenvalue weighted by Gasteiger charge is 2.40. The van der Waals surface area contributed by atoms with E-state index >= 15 is 0 Å². The zero-order chi connectivity index (χ0) is 15.6. The zero-order valence-corrected chi connectivity index (χ0v) is 14.4. The van der Waals surface area contributed by atoms with Gasteiger partial charge in [0.15, 0.2) is 0 Å². The van der Waals surface area contributed by atoms with Crippen molar-refractivity contribution in [1.29, 1.82) is 0 Å². The summed E-state index contributed by atoms with van der Waals surface area (Å²) in [5.74, 6) is 0. The fourth-order valence-electron chi connectivity index (χ4n) is 2.44. The molecule has 0 saturated carbocycles. The van der Waals surface area contributed by atoms with Crippen molar-refractivity contribution in [2.75, 3.05) is 34.4 Å². The Kier molecular flexibility index (Phi) is 5.39. The van der Waals surface area contributed by atoms with Gasteiger partial charge in [0, 0.05) is 38.7 Å². The van der Waals surface area contributed by atoms with Gasteiger partial charge >= 0.3 is 0 Å². The Labute approximate surface area is 130 Å². The Morgan fingerprint density at radius 2 is 1.90 bits per heavy atom. The Balaban J connectivity index is 2.24. The quantitative estimate of drug-likeness (QED) is 0.834. The first-order chi connectivity index (χ1) is 9.93. The molecule has 2 rings (SSSR count). The normalized spacial score (nSPS) is 23.8. The molecule has 0 spiro atoms. The van der Waals surface area contributed by atoms with Crippen molar-refractivity contribution in [3.05, 3.63) is 16.5 Å². The molecule has 1 fully saturated rings. The molecule has 1 aliphatic heterocycles. The molecular weight excluding hydrogens is 312 g/mol. The van der Waals surface area contributed by atoms with Gasteiger partial charge in [0.2, 0.25) is 0 Å². The molecule has 1 aromatic heterocycles. The van der Waals surface area contributed by atoms with E-state index in [9.17, 15) is 8.42 Å². The average Bonchev–Trinajstić information content (AvgIpc) is 3.04. The fraction of sp³-hybridized carbons (Fsp3) is 0.692. The van der Waals surface area contributed by atoms with E-state index < -0.39 is 10.0 Å². The number of nitrogens with one attached hydrogen (secondary N) is 1. The van der Waals surface area contributed by atoms with Crippen LogP contribution in [0.3, 0.4) is 0 Å². The molecule has 120 valence electrons. The van der Waals surface area contributed by atoms with Crippen LogP contribution in [0.25, 0.3) is 0 Å². The van der Waals surface area contributed by atoms with Crippen molar-refractivity contribution in [2.45, 2.75) is 29.9 Å². The number of methoxy groups -OCH3 is 2. The second kappa shape index (κ2) is 6.72. The summed E-state index contributed by atoms with van der Waals surface area (Å²) in [6, 6.07) is 1.74. The van der Waals surface area contributed by atoms with Crippen LogP contribution in [0.5, 0.6) is 0 Å². The van der Waals surface area contributed by atoms with Crippen molar-refractivity contribution >= 4 is 21.4 Å². The maximum atomic E-state index is 12.7. The maximum Gasteiger partial charge on any atom is 0.252 e. The third-order valence-electron chi connectivity index (χ3n) is 3.72. The van der Waals surface area contributed by atoms with Gasteiger partial charge in [-0.1, -0.05) is 0 Å². The fourth-order valence-corrected chi connectivity index (χ4v) is 5.66. The van der Waals surface area contributed by atoms with E-state index in [2.05, 4.69) is 5.32 Å². The standard InChI is InChI=1S/C13H22N2O4S2/c1-9-5-13(20-12(9)6-14-2)21(16,17)15-7-10(18-3)11(8-15)19-4/h5,10-11,14H,6-8H2,1-4H3. The number of ether oxygens (including phenoxy) is 2. The lowest BCUT2D eigenvalue weighted by molar-refractivity contribution is -0.00461. The lowest BCUT2D eigenvalue weighted by Crippen LogP contribution is -2.29. The van der Waals surface area contributed by atoms with E-state index in [0.717, 1.165) is 10.4 Å². The highest BCUT2D eigenvalue weighted by Crippen LogP contribution is 2.31. The van der Waals surface area contributed by atoms with Crippen molar-refractivity contribution < 1.29 is 17.9 Å². The van der Waals surface area contributed by atoms with Gasteiger partial charge in [0.1, 0.15) is 4.21 Å². The van der Waals surface area contributed by atoms with Crippen LogP contribution < -0.4 is 5.32 Å². The molecule has 0 amide bonds. The van der Waals surface area contributed by atoms with Crippen molar-refractivity contribution in [2.24, 2.45) is 0 Å². The molecule has 2 heterocycles. The van der Waals surface area contributed by atoms with Crippen LogP contribution in [0, 0.1) is 6.92 Å². The first-order valence-corrected chi connectivity index (χ1v) is 8.99. The Bertz CT molecular complexity index is 573. The van der Waals surface area contributed by atoms with Crippen LogP contribution in [-0.2, 0) is 26.0 Å². The number of thiophene rings is 1. The summed E-state index contributed by atoms with van der Waals surface area (Å²) in [5.41, 5.74) is 0.999. The summed E-state index contributed by atoms with van der Waals surface area (Å²) in [6.45, 7) is 3.26. The molecule has 0 aromatic carbocycles. The number of hydrogen-bond donors (Lipinski definition) is 1. The number of nitrogens with zero attached hydrogens (tertiary/aromatic N) is 1. The molecule has 2 unspecified atom stereocenters. The van der Waals surface area contributed by atoms with Crippen LogP contribution in [0.1, 0.15) is 10.4 Å². The van der Waals surface area contributed by atoms with E-state index in [1.807, 2.05) is 14.0 Å². The molecule has 0 aliphatic carbocycles. The number of aryl methyl sites for hydroxylation is 1. The summed E-state index contributed by atoms with van der Waals surface area (Å²) in [7, 11) is 1.52. The first kappa shape index (κ1) is 16.9. The SMILES string of the molecule is CNCc1sc(S(=O)(=O)N2CC(OC)C(OC)C2)cc1C. The Morgan fingerprint density at radius 3 is 2.38 bits per heavy atom. The summed E-state index contributed by atoms with van der Waals surface area (Å²) in [6.07, 6.45) is -0.440.